The van der Waals surface area contributed by atoms with E-state index >= 15 is 0 Å². The first kappa shape index (κ1) is 19.4. The molecule has 142 valence electrons. The lowest BCUT2D eigenvalue weighted by atomic mass is 9.98. The first-order chi connectivity index (χ1) is 12.4. The molecule has 1 saturated heterocycles. The van der Waals surface area contributed by atoms with E-state index in [0.29, 0.717) is 11.1 Å². The number of aromatic nitrogens is 2. The van der Waals surface area contributed by atoms with Crippen molar-refractivity contribution < 1.29 is 4.79 Å². The number of thioether (sulfide) groups is 1. The maximum atomic E-state index is 12.7. The van der Waals surface area contributed by atoms with Crippen LogP contribution in [0.2, 0.25) is 0 Å². The normalized spacial score (nSPS) is 17.0. The minimum absolute atomic E-state index is 0.0824. The van der Waals surface area contributed by atoms with Gasteiger partial charge in [0.25, 0.3) is 5.56 Å². The number of aryl methyl sites for hydroxylation is 1. The summed E-state index contributed by atoms with van der Waals surface area (Å²) in [7, 11) is 0. The van der Waals surface area contributed by atoms with Crippen molar-refractivity contribution in [2.45, 2.75) is 63.8 Å². The smallest absolute Gasteiger partial charge is 0.260 e. The van der Waals surface area contributed by atoms with Crippen molar-refractivity contribution in [1.29, 1.82) is 0 Å². The number of nitrogens with zero attached hydrogens (tertiary/aromatic N) is 2. The maximum Gasteiger partial charge on any atom is 0.260 e. The molecule has 5 nitrogen and oxygen atoms in total. The van der Waals surface area contributed by atoms with Gasteiger partial charge in [0.05, 0.1) is 10.6 Å². The highest BCUT2D eigenvalue weighted by Gasteiger charge is 2.25. The van der Waals surface area contributed by atoms with E-state index in [1.807, 2.05) is 11.8 Å². The van der Waals surface area contributed by atoms with Crippen LogP contribution in [-0.4, -0.2) is 39.1 Å². The summed E-state index contributed by atoms with van der Waals surface area (Å²) in [6, 6.07) is 0. The number of nitrogens with one attached hydrogen (secondary N) is 1. The number of likely N-dealkylation sites (tertiary alicyclic amines) is 1. The molecule has 1 N–H and O–H groups in total. The third kappa shape index (κ3) is 3.98. The summed E-state index contributed by atoms with van der Waals surface area (Å²) >= 11 is 2.93. The van der Waals surface area contributed by atoms with Gasteiger partial charge in [0, 0.05) is 18.0 Å². The molecule has 1 fully saturated rings. The predicted molar refractivity (Wildman–Crippen MR) is 109 cm³/mol. The highest BCUT2D eigenvalue weighted by atomic mass is 32.2. The molecule has 2 atom stereocenters. The van der Waals surface area contributed by atoms with Crippen molar-refractivity contribution in [2.75, 3.05) is 13.1 Å². The molecular formula is C19H27N3O2S2. The van der Waals surface area contributed by atoms with Crippen LogP contribution in [0.25, 0.3) is 10.2 Å². The number of amides is 1. The van der Waals surface area contributed by atoms with Crippen LogP contribution >= 0.6 is 23.1 Å². The van der Waals surface area contributed by atoms with Gasteiger partial charge in [0.1, 0.15) is 4.83 Å². The van der Waals surface area contributed by atoms with Crippen LogP contribution in [0.5, 0.6) is 0 Å². The molecule has 3 heterocycles. The van der Waals surface area contributed by atoms with E-state index in [2.05, 4.69) is 30.7 Å². The van der Waals surface area contributed by atoms with Gasteiger partial charge in [-0.15, -0.1) is 11.3 Å². The molecule has 1 amide bonds. The van der Waals surface area contributed by atoms with Gasteiger partial charge in [-0.3, -0.25) is 9.59 Å². The van der Waals surface area contributed by atoms with Gasteiger partial charge in [0.15, 0.2) is 5.16 Å². The zero-order valence-corrected chi connectivity index (χ0v) is 17.6. The van der Waals surface area contributed by atoms with E-state index in [1.54, 1.807) is 11.3 Å². The quantitative estimate of drug-likeness (QED) is 0.595. The lowest BCUT2D eigenvalue weighted by Crippen LogP contribution is -2.34. The van der Waals surface area contributed by atoms with Gasteiger partial charge in [-0.2, -0.15) is 0 Å². The summed E-state index contributed by atoms with van der Waals surface area (Å²) < 4.78 is 0. The maximum absolute atomic E-state index is 12.7. The Bertz CT molecular complexity index is 852. The highest BCUT2D eigenvalue weighted by Crippen LogP contribution is 2.31. The standard InChI is InChI=1S/C19H27N3O2S2/c1-5-11(2)10-14-12(3)25-17-15(14)16(23)20-19(21-17)26-13(4)18(24)22-8-6-7-9-22/h11,13H,5-10H2,1-4H3,(H,20,21,23)/t11-,13+/m1/s1. The average molecular weight is 394 g/mol. The Morgan fingerprint density at radius 3 is 2.69 bits per heavy atom. The average Bonchev–Trinajstić information content (AvgIpc) is 3.23. The van der Waals surface area contributed by atoms with E-state index in [9.17, 15) is 9.59 Å². The Kier molecular flexibility index (Phi) is 6.07. The Balaban J connectivity index is 1.85. The molecule has 0 saturated carbocycles. The zero-order valence-electron chi connectivity index (χ0n) is 15.9. The monoisotopic (exact) mass is 393 g/mol. The number of hydrogen-bond acceptors (Lipinski definition) is 5. The van der Waals surface area contributed by atoms with Crippen molar-refractivity contribution >= 4 is 39.2 Å². The van der Waals surface area contributed by atoms with Crippen molar-refractivity contribution in [1.82, 2.24) is 14.9 Å². The van der Waals surface area contributed by atoms with E-state index in [4.69, 9.17) is 0 Å². The molecule has 7 heteroatoms. The fourth-order valence-corrected chi connectivity index (χ4v) is 5.35. The molecule has 0 aromatic carbocycles. The van der Waals surface area contributed by atoms with E-state index < -0.39 is 0 Å². The van der Waals surface area contributed by atoms with Gasteiger partial charge in [-0.1, -0.05) is 32.0 Å². The van der Waals surface area contributed by atoms with Gasteiger partial charge in [-0.05, 0) is 44.6 Å². The van der Waals surface area contributed by atoms with Crippen molar-refractivity contribution in [2.24, 2.45) is 5.92 Å². The van der Waals surface area contributed by atoms with E-state index in [-0.39, 0.29) is 16.7 Å². The predicted octanol–water partition coefficient (Wildman–Crippen LogP) is 3.98. The summed E-state index contributed by atoms with van der Waals surface area (Å²) in [6.45, 7) is 10.0. The number of thiophene rings is 1. The van der Waals surface area contributed by atoms with Gasteiger partial charge in [0.2, 0.25) is 5.91 Å². The number of aromatic amines is 1. The second kappa shape index (κ2) is 8.13. The Labute approximate surface area is 162 Å². The van der Waals surface area contributed by atoms with Crippen molar-refractivity contribution in [3.63, 3.8) is 0 Å². The number of rotatable bonds is 6. The van der Waals surface area contributed by atoms with Crippen LogP contribution in [-0.2, 0) is 11.2 Å². The molecule has 2 aromatic heterocycles. The summed E-state index contributed by atoms with van der Waals surface area (Å²) in [5.74, 6) is 0.674. The van der Waals surface area contributed by atoms with Crippen LogP contribution in [0.4, 0.5) is 0 Å². The van der Waals surface area contributed by atoms with E-state index in [1.165, 1.54) is 16.6 Å². The van der Waals surface area contributed by atoms with Gasteiger partial charge in [-0.25, -0.2) is 4.98 Å². The lowest BCUT2D eigenvalue weighted by molar-refractivity contribution is -0.129. The minimum Gasteiger partial charge on any atom is -0.342 e. The summed E-state index contributed by atoms with van der Waals surface area (Å²) in [4.78, 5) is 36.6. The molecule has 0 aliphatic carbocycles. The first-order valence-corrected chi connectivity index (χ1v) is 11.1. The SMILES string of the molecule is CC[C@@H](C)Cc1c(C)sc2nc(S[C@@H](C)C(=O)N3CCCC3)[nH]c(=O)c12. The number of carbonyl (C=O) groups excluding carboxylic acids is 1. The third-order valence-corrected chi connectivity index (χ3v) is 7.16. The topological polar surface area (TPSA) is 66.1 Å². The van der Waals surface area contributed by atoms with Crippen LogP contribution < -0.4 is 5.56 Å². The molecule has 1 aliphatic heterocycles. The number of hydrogen-bond donors (Lipinski definition) is 1. The van der Waals surface area contributed by atoms with E-state index in [0.717, 1.165) is 54.6 Å². The molecule has 2 aromatic rings. The lowest BCUT2D eigenvalue weighted by Gasteiger charge is -2.19. The summed E-state index contributed by atoms with van der Waals surface area (Å²) in [5.41, 5.74) is 1.05. The second-order valence-corrected chi connectivity index (χ2v) is 9.73. The van der Waals surface area contributed by atoms with Gasteiger partial charge < -0.3 is 9.88 Å². The highest BCUT2D eigenvalue weighted by molar-refractivity contribution is 8.00. The Morgan fingerprint density at radius 1 is 1.35 bits per heavy atom. The number of H-pyrrole nitrogens is 1. The Hall–Kier alpha value is -1.34. The summed E-state index contributed by atoms with van der Waals surface area (Å²) in [6.07, 6.45) is 4.16. The summed E-state index contributed by atoms with van der Waals surface area (Å²) in [5, 5.41) is 1.03. The van der Waals surface area contributed by atoms with Gasteiger partial charge >= 0.3 is 0 Å². The number of fused-ring (bicyclic) bond motifs is 1. The van der Waals surface area contributed by atoms with Crippen LogP contribution in [0.1, 0.15) is 50.5 Å². The molecule has 1 aliphatic rings. The van der Waals surface area contributed by atoms with Crippen LogP contribution in [0.15, 0.2) is 9.95 Å². The second-order valence-electron chi connectivity index (χ2n) is 7.20. The first-order valence-electron chi connectivity index (χ1n) is 9.38. The Morgan fingerprint density at radius 2 is 2.04 bits per heavy atom. The molecule has 0 unspecified atom stereocenters. The molecule has 26 heavy (non-hydrogen) atoms. The number of carbonyl (C=O) groups is 1. The minimum atomic E-state index is -0.241. The van der Waals surface area contributed by atoms with Crippen molar-refractivity contribution in [3.8, 4) is 0 Å². The van der Waals surface area contributed by atoms with Crippen LogP contribution in [0, 0.1) is 12.8 Å². The van der Waals surface area contributed by atoms with Crippen molar-refractivity contribution in [3.05, 3.63) is 20.8 Å². The molecule has 0 radical (unpaired) electrons. The fourth-order valence-electron chi connectivity index (χ4n) is 3.36. The zero-order chi connectivity index (χ0) is 18.8. The van der Waals surface area contributed by atoms with Crippen LogP contribution in [0.3, 0.4) is 0 Å². The molecule has 0 bridgehead atoms. The molecule has 0 spiro atoms. The molecular weight excluding hydrogens is 366 g/mol. The molecule has 3 rings (SSSR count). The third-order valence-electron chi connectivity index (χ3n) is 5.14. The fraction of sp³-hybridized carbons (Fsp3) is 0.632. The largest absolute Gasteiger partial charge is 0.342 e.